The number of ether oxygens (including phenoxy) is 2. The van der Waals surface area contributed by atoms with Crippen LogP contribution in [0.1, 0.15) is 46.2 Å². The van der Waals surface area contributed by atoms with Crippen molar-refractivity contribution in [2.45, 2.75) is 32.2 Å². The molecule has 2 aliphatic heterocycles. The van der Waals surface area contributed by atoms with Gasteiger partial charge in [-0.05, 0) is 49.4 Å². The number of nitrogen functional groups attached to an aromatic ring is 1. The summed E-state index contributed by atoms with van der Waals surface area (Å²) in [6.07, 6.45) is 2.21. The second kappa shape index (κ2) is 9.58. The third-order valence-corrected chi connectivity index (χ3v) is 6.80. The molecule has 35 heavy (non-hydrogen) atoms. The van der Waals surface area contributed by atoms with Crippen LogP contribution in [0, 0.1) is 18.7 Å². The molecule has 182 valence electrons. The molecule has 2 N–H and O–H groups in total. The van der Waals surface area contributed by atoms with Gasteiger partial charge in [0.2, 0.25) is 11.8 Å². The Hall–Kier alpha value is -3.59. The maximum atomic E-state index is 14.5. The molecule has 0 saturated carbocycles. The van der Waals surface area contributed by atoms with Gasteiger partial charge in [-0.25, -0.2) is 19.3 Å². The average Bonchev–Trinajstić information content (AvgIpc) is 2.86. The van der Waals surface area contributed by atoms with Gasteiger partial charge in [0.1, 0.15) is 5.82 Å². The van der Waals surface area contributed by atoms with Crippen molar-refractivity contribution in [1.82, 2.24) is 19.9 Å². The number of methoxy groups -OCH3 is 1. The number of carbonyl (C=O) groups is 1. The summed E-state index contributed by atoms with van der Waals surface area (Å²) in [6.45, 7) is 3.72. The summed E-state index contributed by atoms with van der Waals surface area (Å²) in [6, 6.07) is 9.62. The monoisotopic (exact) mass is 477 g/mol. The largest absolute Gasteiger partial charge is 0.481 e. The molecular weight excluding hydrogens is 449 g/mol. The molecule has 2 aliphatic rings. The third kappa shape index (κ3) is 4.55. The minimum atomic E-state index is -0.380. The zero-order valence-corrected chi connectivity index (χ0v) is 19.8. The molecule has 1 fully saturated rings. The van der Waals surface area contributed by atoms with E-state index in [9.17, 15) is 9.18 Å². The van der Waals surface area contributed by atoms with E-state index in [4.69, 9.17) is 15.2 Å². The maximum Gasteiger partial charge on any atom is 0.258 e. The molecule has 2 aromatic heterocycles. The van der Waals surface area contributed by atoms with Crippen LogP contribution in [0.5, 0.6) is 5.88 Å². The Morgan fingerprint density at radius 2 is 1.97 bits per heavy atom. The van der Waals surface area contributed by atoms with Crippen LogP contribution in [0.15, 0.2) is 36.4 Å². The Bertz CT molecular complexity index is 1260. The summed E-state index contributed by atoms with van der Waals surface area (Å²) in [5.41, 5.74) is 9.61. The molecule has 0 spiro atoms. The van der Waals surface area contributed by atoms with Gasteiger partial charge in [-0.3, -0.25) is 4.79 Å². The third-order valence-electron chi connectivity index (χ3n) is 6.80. The van der Waals surface area contributed by atoms with Gasteiger partial charge in [0, 0.05) is 37.8 Å². The SMILES string of the molecule is COc1cccc(-c2cc(F)ccc2C2Cc3nc(N)nc(C)c3C(=O)N2CC2CCOCC2)n1. The molecular formula is C26H28FN5O3. The topological polar surface area (TPSA) is 103 Å². The summed E-state index contributed by atoms with van der Waals surface area (Å²) in [7, 11) is 1.54. The molecule has 0 radical (unpaired) electrons. The Balaban J connectivity index is 1.63. The molecule has 1 amide bonds. The van der Waals surface area contributed by atoms with E-state index < -0.39 is 0 Å². The molecule has 1 atom stereocenters. The van der Waals surface area contributed by atoms with Crippen LogP contribution >= 0.6 is 0 Å². The van der Waals surface area contributed by atoms with Gasteiger partial charge in [0.05, 0.1) is 35.8 Å². The average molecular weight is 478 g/mol. The van der Waals surface area contributed by atoms with Crippen molar-refractivity contribution < 1.29 is 18.7 Å². The summed E-state index contributed by atoms with van der Waals surface area (Å²) < 4.78 is 25.3. The number of carbonyl (C=O) groups excluding carboxylic acids is 1. The highest BCUT2D eigenvalue weighted by atomic mass is 19.1. The van der Waals surface area contributed by atoms with Crippen LogP contribution in [-0.4, -0.2) is 52.6 Å². The van der Waals surface area contributed by atoms with E-state index in [0.717, 1.165) is 18.4 Å². The molecule has 8 nitrogen and oxygen atoms in total. The predicted octanol–water partition coefficient (Wildman–Crippen LogP) is 3.74. The fraction of sp³-hybridized carbons (Fsp3) is 0.385. The fourth-order valence-electron chi connectivity index (χ4n) is 5.07. The molecule has 4 heterocycles. The molecule has 1 saturated heterocycles. The minimum absolute atomic E-state index is 0.130. The van der Waals surface area contributed by atoms with Gasteiger partial charge in [-0.2, -0.15) is 0 Å². The molecule has 0 aliphatic carbocycles. The normalized spacial score (nSPS) is 18.4. The van der Waals surface area contributed by atoms with E-state index in [1.807, 2.05) is 17.0 Å². The first-order valence-corrected chi connectivity index (χ1v) is 11.8. The number of halogens is 1. The highest BCUT2D eigenvalue weighted by Gasteiger charge is 2.38. The first-order chi connectivity index (χ1) is 16.9. The highest BCUT2D eigenvalue weighted by molar-refractivity contribution is 5.98. The summed E-state index contributed by atoms with van der Waals surface area (Å²) in [5.74, 6) is 0.367. The molecule has 3 aromatic rings. The summed E-state index contributed by atoms with van der Waals surface area (Å²) >= 11 is 0. The number of aromatic nitrogens is 3. The number of nitrogens with two attached hydrogens (primary N) is 1. The lowest BCUT2D eigenvalue weighted by molar-refractivity contribution is 0.0357. The number of fused-ring (bicyclic) bond motifs is 1. The lowest BCUT2D eigenvalue weighted by Crippen LogP contribution is -2.45. The maximum absolute atomic E-state index is 14.5. The minimum Gasteiger partial charge on any atom is -0.481 e. The number of anilines is 1. The van der Waals surface area contributed by atoms with Crippen LogP contribution < -0.4 is 10.5 Å². The number of aryl methyl sites for hydroxylation is 1. The number of pyridine rings is 1. The van der Waals surface area contributed by atoms with Crippen molar-refractivity contribution in [3.8, 4) is 17.1 Å². The van der Waals surface area contributed by atoms with Crippen LogP contribution in [0.3, 0.4) is 0 Å². The van der Waals surface area contributed by atoms with Gasteiger partial charge < -0.3 is 20.1 Å². The van der Waals surface area contributed by atoms with Gasteiger partial charge in [-0.1, -0.05) is 12.1 Å². The van der Waals surface area contributed by atoms with Crippen molar-refractivity contribution in [1.29, 1.82) is 0 Å². The quantitative estimate of drug-likeness (QED) is 0.597. The Kier molecular flexibility index (Phi) is 6.34. The van der Waals surface area contributed by atoms with E-state index in [-0.39, 0.29) is 23.7 Å². The smallest absolute Gasteiger partial charge is 0.258 e. The summed E-state index contributed by atoms with van der Waals surface area (Å²) in [5, 5.41) is 0. The van der Waals surface area contributed by atoms with E-state index in [2.05, 4.69) is 15.0 Å². The van der Waals surface area contributed by atoms with E-state index in [0.29, 0.717) is 66.2 Å². The predicted molar refractivity (Wildman–Crippen MR) is 128 cm³/mol. The van der Waals surface area contributed by atoms with Crippen molar-refractivity contribution in [3.05, 3.63) is 64.7 Å². The number of benzene rings is 1. The second-order valence-electron chi connectivity index (χ2n) is 9.02. The number of rotatable bonds is 5. The molecule has 9 heteroatoms. The van der Waals surface area contributed by atoms with Gasteiger partial charge in [-0.15, -0.1) is 0 Å². The molecule has 1 unspecified atom stereocenters. The van der Waals surface area contributed by atoms with Crippen molar-refractivity contribution in [2.24, 2.45) is 5.92 Å². The van der Waals surface area contributed by atoms with Crippen molar-refractivity contribution in [3.63, 3.8) is 0 Å². The number of hydrogen-bond acceptors (Lipinski definition) is 7. The Morgan fingerprint density at radius 3 is 2.74 bits per heavy atom. The summed E-state index contributed by atoms with van der Waals surface area (Å²) in [4.78, 5) is 29.0. The van der Waals surface area contributed by atoms with Gasteiger partial charge in [0.15, 0.2) is 0 Å². The Labute approximate surface area is 203 Å². The Morgan fingerprint density at radius 1 is 1.17 bits per heavy atom. The fourth-order valence-corrected chi connectivity index (χ4v) is 5.07. The van der Waals surface area contributed by atoms with Crippen LogP contribution in [0.4, 0.5) is 10.3 Å². The zero-order chi connectivity index (χ0) is 24.5. The van der Waals surface area contributed by atoms with Crippen LogP contribution in [-0.2, 0) is 11.2 Å². The second-order valence-corrected chi connectivity index (χ2v) is 9.02. The van der Waals surface area contributed by atoms with E-state index >= 15 is 0 Å². The van der Waals surface area contributed by atoms with E-state index in [1.165, 1.54) is 19.2 Å². The van der Waals surface area contributed by atoms with Gasteiger partial charge >= 0.3 is 0 Å². The lowest BCUT2D eigenvalue weighted by atomic mass is 9.87. The van der Waals surface area contributed by atoms with Gasteiger partial charge in [0.25, 0.3) is 5.91 Å². The van der Waals surface area contributed by atoms with Crippen molar-refractivity contribution in [2.75, 3.05) is 32.6 Å². The molecule has 1 aromatic carbocycles. The number of hydrogen-bond donors (Lipinski definition) is 1. The van der Waals surface area contributed by atoms with Crippen LogP contribution in [0.25, 0.3) is 11.3 Å². The lowest BCUT2D eigenvalue weighted by Gasteiger charge is -2.40. The first-order valence-electron chi connectivity index (χ1n) is 11.8. The van der Waals surface area contributed by atoms with Crippen molar-refractivity contribution >= 4 is 11.9 Å². The number of nitrogens with zero attached hydrogens (tertiary/aromatic N) is 4. The van der Waals surface area contributed by atoms with E-state index in [1.54, 1.807) is 19.1 Å². The highest BCUT2D eigenvalue weighted by Crippen LogP contribution is 2.39. The van der Waals surface area contributed by atoms with Crippen LogP contribution in [0.2, 0.25) is 0 Å². The molecule has 5 rings (SSSR count). The zero-order valence-electron chi connectivity index (χ0n) is 19.8. The number of amides is 1. The first kappa shape index (κ1) is 23.2. The standard InChI is InChI=1S/C26H28FN5O3/c1-15-24-21(31-26(28)29-15)13-22(32(25(24)33)14-16-8-10-35-11-9-16)18-7-6-17(27)12-19(18)20-4-3-5-23(30-20)34-2/h3-7,12,16,22H,8-11,13-14H2,1-2H3,(H2,28,29,31). The molecule has 0 bridgehead atoms.